The normalized spacial score (nSPS) is 10.7. The van der Waals surface area contributed by atoms with Gasteiger partial charge in [-0.25, -0.2) is 4.98 Å². The molecule has 1 N–H and O–H groups in total. The van der Waals surface area contributed by atoms with E-state index in [1.54, 1.807) is 0 Å². The second kappa shape index (κ2) is 7.31. The summed E-state index contributed by atoms with van der Waals surface area (Å²) in [4.78, 5) is 7.59. The average molecular weight is 288 g/mol. The van der Waals surface area contributed by atoms with Gasteiger partial charge in [0.05, 0.1) is 0 Å². The molecule has 3 nitrogen and oxygen atoms in total. The van der Waals surface area contributed by atoms with Crippen LogP contribution in [0, 0.1) is 4.64 Å². The molecule has 2 rings (SSSR count). The molecule has 0 saturated heterocycles. The fraction of sp³-hybridized carbons (Fsp3) is 0.375. The summed E-state index contributed by atoms with van der Waals surface area (Å²) in [6.07, 6.45) is 2.23. The number of H-pyrrole nitrogens is 1. The molecular weight excluding hydrogens is 268 g/mol. The summed E-state index contributed by atoms with van der Waals surface area (Å²) in [5.41, 5.74) is 3.48. The fourth-order valence-electron chi connectivity index (χ4n) is 2.11. The minimum absolute atomic E-state index is 0.461. The van der Waals surface area contributed by atoms with E-state index in [1.165, 1.54) is 5.56 Å². The molecule has 106 valence electrons. The van der Waals surface area contributed by atoms with Crippen molar-refractivity contribution in [1.29, 1.82) is 0 Å². The maximum Gasteiger partial charge on any atom is 0.134 e. The molecule has 1 aromatic carbocycles. The van der Waals surface area contributed by atoms with Gasteiger partial charge in [0.25, 0.3) is 0 Å². The number of ether oxygens (including phenoxy) is 1. The minimum atomic E-state index is 0.461. The zero-order valence-corrected chi connectivity index (χ0v) is 12.8. The van der Waals surface area contributed by atoms with E-state index in [0.29, 0.717) is 17.9 Å². The Kier molecular flexibility index (Phi) is 5.44. The van der Waals surface area contributed by atoms with Crippen LogP contribution in [0.3, 0.4) is 0 Å². The molecule has 0 aliphatic heterocycles. The molecule has 0 spiro atoms. The standard InChI is InChI=1S/C16H20N2OS/c1-3-6-12-7-5-8-13(9-12)14-10-16(20)18-15(17-14)11-19-4-2/h5,7-10H,3-4,6,11H2,1-2H3,(H,17,18,20). The fourth-order valence-corrected chi connectivity index (χ4v) is 2.34. The number of nitrogens with one attached hydrogen (secondary N) is 1. The van der Waals surface area contributed by atoms with Gasteiger partial charge in [-0.2, -0.15) is 0 Å². The summed E-state index contributed by atoms with van der Waals surface area (Å²) >= 11 is 5.23. The molecule has 0 aliphatic carbocycles. The van der Waals surface area contributed by atoms with E-state index in [0.717, 1.165) is 29.9 Å². The lowest BCUT2D eigenvalue weighted by atomic mass is 10.0. The lowest BCUT2D eigenvalue weighted by Gasteiger charge is -2.08. The smallest absolute Gasteiger partial charge is 0.134 e. The molecule has 1 aromatic heterocycles. The molecule has 0 saturated carbocycles. The minimum Gasteiger partial charge on any atom is -0.374 e. The summed E-state index contributed by atoms with van der Waals surface area (Å²) in [5.74, 6) is 0.773. The third-order valence-corrected chi connectivity index (χ3v) is 3.22. The molecular formula is C16H20N2OS. The van der Waals surface area contributed by atoms with Crippen LogP contribution in [-0.2, 0) is 17.8 Å². The first-order valence-electron chi connectivity index (χ1n) is 7.00. The Morgan fingerprint density at radius 1 is 1.25 bits per heavy atom. The van der Waals surface area contributed by atoms with Crippen LogP contribution in [0.1, 0.15) is 31.7 Å². The maximum absolute atomic E-state index is 5.39. The van der Waals surface area contributed by atoms with Crippen molar-refractivity contribution in [1.82, 2.24) is 9.97 Å². The largest absolute Gasteiger partial charge is 0.374 e. The highest BCUT2D eigenvalue weighted by Gasteiger charge is 2.03. The topological polar surface area (TPSA) is 37.9 Å². The van der Waals surface area contributed by atoms with Gasteiger partial charge in [-0.1, -0.05) is 43.8 Å². The Morgan fingerprint density at radius 3 is 2.85 bits per heavy atom. The molecule has 0 amide bonds. The van der Waals surface area contributed by atoms with Gasteiger partial charge in [0.15, 0.2) is 0 Å². The monoisotopic (exact) mass is 288 g/mol. The van der Waals surface area contributed by atoms with Crippen LogP contribution in [0.25, 0.3) is 11.3 Å². The highest BCUT2D eigenvalue weighted by atomic mass is 32.1. The van der Waals surface area contributed by atoms with Gasteiger partial charge in [-0.15, -0.1) is 0 Å². The molecule has 0 fully saturated rings. The Morgan fingerprint density at radius 2 is 2.10 bits per heavy atom. The summed E-state index contributed by atoms with van der Waals surface area (Å²) in [7, 11) is 0. The second-order valence-corrected chi connectivity index (χ2v) is 5.09. The molecule has 0 aliphatic rings. The molecule has 0 bridgehead atoms. The van der Waals surface area contributed by atoms with Crippen LogP contribution in [0.5, 0.6) is 0 Å². The van der Waals surface area contributed by atoms with Gasteiger partial charge in [0.2, 0.25) is 0 Å². The van der Waals surface area contributed by atoms with Crippen molar-refractivity contribution in [2.45, 2.75) is 33.3 Å². The lowest BCUT2D eigenvalue weighted by molar-refractivity contribution is 0.128. The van der Waals surface area contributed by atoms with Crippen LogP contribution < -0.4 is 0 Å². The Balaban J connectivity index is 2.33. The number of aromatic amines is 1. The molecule has 1 heterocycles. The van der Waals surface area contributed by atoms with Crippen LogP contribution in [0.15, 0.2) is 30.3 Å². The average Bonchev–Trinajstić information content (AvgIpc) is 2.45. The number of hydrogen-bond acceptors (Lipinski definition) is 3. The summed E-state index contributed by atoms with van der Waals surface area (Å²) in [5, 5.41) is 0. The maximum atomic E-state index is 5.39. The molecule has 0 unspecified atom stereocenters. The van der Waals surface area contributed by atoms with Gasteiger partial charge in [0.1, 0.15) is 17.1 Å². The van der Waals surface area contributed by atoms with Crippen LogP contribution >= 0.6 is 12.2 Å². The zero-order chi connectivity index (χ0) is 14.4. The zero-order valence-electron chi connectivity index (χ0n) is 12.0. The first kappa shape index (κ1) is 14.9. The van der Waals surface area contributed by atoms with Crippen LogP contribution in [0.2, 0.25) is 0 Å². The third kappa shape index (κ3) is 3.99. The molecule has 20 heavy (non-hydrogen) atoms. The summed E-state index contributed by atoms with van der Waals surface area (Å²) < 4.78 is 5.98. The number of aryl methyl sites for hydroxylation is 1. The number of hydrogen-bond donors (Lipinski definition) is 1. The van der Waals surface area contributed by atoms with Crippen molar-refractivity contribution in [3.8, 4) is 11.3 Å². The van der Waals surface area contributed by atoms with E-state index in [2.05, 4.69) is 41.2 Å². The molecule has 0 radical (unpaired) electrons. The van der Waals surface area contributed by atoms with Crippen molar-refractivity contribution in [2.75, 3.05) is 6.61 Å². The number of aromatic nitrogens is 2. The predicted octanol–water partition coefficient (Wildman–Crippen LogP) is 4.30. The van der Waals surface area contributed by atoms with Crippen molar-refractivity contribution in [2.24, 2.45) is 0 Å². The van der Waals surface area contributed by atoms with E-state index >= 15 is 0 Å². The van der Waals surface area contributed by atoms with E-state index in [9.17, 15) is 0 Å². The van der Waals surface area contributed by atoms with E-state index in [4.69, 9.17) is 17.0 Å². The summed E-state index contributed by atoms with van der Waals surface area (Å²) in [6, 6.07) is 10.4. The van der Waals surface area contributed by atoms with Crippen LogP contribution in [-0.4, -0.2) is 16.6 Å². The molecule has 2 aromatic rings. The van der Waals surface area contributed by atoms with Gasteiger partial charge in [0, 0.05) is 12.3 Å². The van der Waals surface area contributed by atoms with Gasteiger partial charge >= 0.3 is 0 Å². The molecule has 0 atom stereocenters. The highest BCUT2D eigenvalue weighted by molar-refractivity contribution is 7.71. The van der Waals surface area contributed by atoms with Gasteiger partial charge in [-0.05, 0) is 36.6 Å². The van der Waals surface area contributed by atoms with Crippen molar-refractivity contribution in [3.63, 3.8) is 0 Å². The van der Waals surface area contributed by atoms with E-state index in [-0.39, 0.29) is 0 Å². The van der Waals surface area contributed by atoms with Crippen molar-refractivity contribution >= 4 is 12.2 Å². The Labute approximate surface area is 125 Å². The quantitative estimate of drug-likeness (QED) is 0.806. The second-order valence-electron chi connectivity index (χ2n) is 4.67. The van der Waals surface area contributed by atoms with E-state index in [1.807, 2.05) is 13.0 Å². The number of nitrogens with zero attached hydrogens (tertiary/aromatic N) is 1. The van der Waals surface area contributed by atoms with Crippen molar-refractivity contribution < 1.29 is 4.74 Å². The van der Waals surface area contributed by atoms with Gasteiger partial charge in [-0.3, -0.25) is 0 Å². The Bertz CT molecular complexity index is 622. The van der Waals surface area contributed by atoms with Crippen LogP contribution in [0.4, 0.5) is 0 Å². The third-order valence-electron chi connectivity index (χ3n) is 3.01. The van der Waals surface area contributed by atoms with Crippen molar-refractivity contribution in [3.05, 3.63) is 46.4 Å². The highest BCUT2D eigenvalue weighted by Crippen LogP contribution is 2.19. The SMILES string of the molecule is CCCc1cccc(-c2cc(=S)nc(COCC)[nH]2)c1. The first-order valence-corrected chi connectivity index (χ1v) is 7.41. The predicted molar refractivity (Wildman–Crippen MR) is 84.2 cm³/mol. The lowest BCUT2D eigenvalue weighted by Crippen LogP contribution is -2.00. The molecule has 4 heteroatoms. The first-order chi connectivity index (χ1) is 9.72. The number of rotatable bonds is 6. The number of benzene rings is 1. The summed E-state index contributed by atoms with van der Waals surface area (Å²) in [6.45, 7) is 5.28. The van der Waals surface area contributed by atoms with E-state index < -0.39 is 0 Å². The van der Waals surface area contributed by atoms with Gasteiger partial charge < -0.3 is 9.72 Å². The Hall–Kier alpha value is -1.52.